The van der Waals surface area contributed by atoms with E-state index in [-0.39, 0.29) is 11.9 Å². The van der Waals surface area contributed by atoms with Crippen LogP contribution in [-0.4, -0.2) is 38.1 Å². The van der Waals surface area contributed by atoms with Crippen molar-refractivity contribution in [1.82, 2.24) is 10.2 Å². The van der Waals surface area contributed by atoms with Crippen LogP contribution in [0.5, 0.6) is 5.75 Å². The van der Waals surface area contributed by atoms with Crippen molar-refractivity contribution in [2.75, 3.05) is 27.2 Å². The van der Waals surface area contributed by atoms with Gasteiger partial charge in [0, 0.05) is 37.1 Å². The number of rotatable bonds is 2. The van der Waals surface area contributed by atoms with Gasteiger partial charge < -0.3 is 15.0 Å². The number of hydrogen-bond donors (Lipinski definition) is 1. The molecule has 1 aromatic rings. The molecule has 1 aromatic carbocycles. The summed E-state index contributed by atoms with van der Waals surface area (Å²) >= 11 is 6.04. The number of likely N-dealkylation sites (N-methyl/N-ethyl adjacent to an activating group) is 1. The van der Waals surface area contributed by atoms with Gasteiger partial charge in [0.1, 0.15) is 5.75 Å². The molecule has 0 spiro atoms. The molecule has 1 aliphatic heterocycles. The highest BCUT2D eigenvalue weighted by Gasteiger charge is 2.26. The summed E-state index contributed by atoms with van der Waals surface area (Å²) in [5.74, 6) is 0.889. The Kier molecular flexibility index (Phi) is 4.09. The molecule has 5 heteroatoms. The van der Waals surface area contributed by atoms with Crippen molar-refractivity contribution in [3.63, 3.8) is 0 Å². The van der Waals surface area contributed by atoms with Gasteiger partial charge in [0.15, 0.2) is 0 Å². The third kappa shape index (κ3) is 2.60. The standard InChI is InChI=1S/C13H17ClN2O2/c1-16-11(8-15-6-5-13(16)17)10-7-9(14)3-4-12(10)18-2/h3-4,7,11,15H,5-6,8H2,1-2H3. The van der Waals surface area contributed by atoms with Gasteiger partial charge in [0.2, 0.25) is 5.91 Å². The molecular formula is C13H17ClN2O2. The monoisotopic (exact) mass is 268 g/mol. The molecule has 18 heavy (non-hydrogen) atoms. The Hall–Kier alpha value is -1.26. The van der Waals surface area contributed by atoms with Crippen molar-refractivity contribution in [3.05, 3.63) is 28.8 Å². The van der Waals surface area contributed by atoms with Crippen LogP contribution in [0, 0.1) is 0 Å². The maximum absolute atomic E-state index is 11.9. The van der Waals surface area contributed by atoms with Crippen molar-refractivity contribution >= 4 is 17.5 Å². The Morgan fingerprint density at radius 1 is 1.50 bits per heavy atom. The molecular weight excluding hydrogens is 252 g/mol. The van der Waals surface area contributed by atoms with Gasteiger partial charge in [-0.05, 0) is 18.2 Å². The van der Waals surface area contributed by atoms with E-state index >= 15 is 0 Å². The van der Waals surface area contributed by atoms with Crippen LogP contribution in [0.25, 0.3) is 0 Å². The Balaban J connectivity index is 2.39. The van der Waals surface area contributed by atoms with E-state index < -0.39 is 0 Å². The van der Waals surface area contributed by atoms with Crippen molar-refractivity contribution in [3.8, 4) is 5.75 Å². The van der Waals surface area contributed by atoms with Crippen LogP contribution in [0.2, 0.25) is 5.02 Å². The Morgan fingerprint density at radius 3 is 3.00 bits per heavy atom. The number of carbonyl (C=O) groups is 1. The molecule has 1 N–H and O–H groups in total. The number of nitrogens with zero attached hydrogens (tertiary/aromatic N) is 1. The zero-order chi connectivity index (χ0) is 13.1. The van der Waals surface area contributed by atoms with Crippen molar-refractivity contribution < 1.29 is 9.53 Å². The summed E-state index contributed by atoms with van der Waals surface area (Å²) in [6, 6.07) is 5.44. The van der Waals surface area contributed by atoms with Crippen molar-refractivity contribution in [2.24, 2.45) is 0 Å². The molecule has 0 saturated carbocycles. The van der Waals surface area contributed by atoms with E-state index in [1.54, 1.807) is 18.1 Å². The average molecular weight is 269 g/mol. The van der Waals surface area contributed by atoms with Gasteiger partial charge in [-0.25, -0.2) is 0 Å². The smallest absolute Gasteiger partial charge is 0.224 e. The van der Waals surface area contributed by atoms with Crippen molar-refractivity contribution in [2.45, 2.75) is 12.5 Å². The molecule has 1 atom stereocenters. The Bertz CT molecular complexity index is 451. The van der Waals surface area contributed by atoms with Gasteiger partial charge in [-0.3, -0.25) is 4.79 Å². The van der Waals surface area contributed by atoms with Gasteiger partial charge >= 0.3 is 0 Å². The predicted octanol–water partition coefficient (Wildman–Crippen LogP) is 1.84. The van der Waals surface area contributed by atoms with E-state index in [1.165, 1.54) is 0 Å². The number of hydrogen-bond acceptors (Lipinski definition) is 3. The summed E-state index contributed by atoms with van der Waals surface area (Å²) in [5.41, 5.74) is 0.940. The number of benzene rings is 1. The minimum absolute atomic E-state index is 0.0475. The second-order valence-electron chi connectivity index (χ2n) is 4.36. The molecule has 1 saturated heterocycles. The molecule has 4 nitrogen and oxygen atoms in total. The van der Waals surface area contributed by atoms with Crippen LogP contribution in [0.4, 0.5) is 0 Å². The predicted molar refractivity (Wildman–Crippen MR) is 71.0 cm³/mol. The molecule has 2 rings (SSSR count). The summed E-state index contributed by atoms with van der Waals surface area (Å²) in [6.07, 6.45) is 0.524. The summed E-state index contributed by atoms with van der Waals surface area (Å²) in [6.45, 7) is 1.42. The minimum Gasteiger partial charge on any atom is -0.496 e. The topological polar surface area (TPSA) is 41.6 Å². The molecule has 0 aromatic heterocycles. The van der Waals surface area contributed by atoms with E-state index in [1.807, 2.05) is 19.2 Å². The highest BCUT2D eigenvalue weighted by Crippen LogP contribution is 2.31. The first kappa shape index (κ1) is 13.2. The molecule has 0 radical (unpaired) electrons. The van der Waals surface area contributed by atoms with Crippen molar-refractivity contribution in [1.29, 1.82) is 0 Å². The Morgan fingerprint density at radius 2 is 2.28 bits per heavy atom. The summed E-state index contributed by atoms with van der Waals surface area (Å²) < 4.78 is 5.35. The molecule has 0 bridgehead atoms. The molecule has 1 fully saturated rings. The van der Waals surface area contributed by atoms with E-state index in [9.17, 15) is 4.79 Å². The maximum atomic E-state index is 11.9. The molecule has 1 aliphatic rings. The third-order valence-corrected chi connectivity index (χ3v) is 3.50. The zero-order valence-electron chi connectivity index (χ0n) is 10.6. The highest BCUT2D eigenvalue weighted by atomic mass is 35.5. The van der Waals surface area contributed by atoms with Crippen LogP contribution in [0.15, 0.2) is 18.2 Å². The lowest BCUT2D eigenvalue weighted by atomic mass is 10.0. The highest BCUT2D eigenvalue weighted by molar-refractivity contribution is 6.30. The molecule has 1 amide bonds. The number of carbonyl (C=O) groups excluding carboxylic acids is 1. The first-order valence-corrected chi connectivity index (χ1v) is 6.31. The van der Waals surface area contributed by atoms with Gasteiger partial charge in [-0.1, -0.05) is 11.6 Å². The first-order valence-electron chi connectivity index (χ1n) is 5.93. The minimum atomic E-state index is -0.0475. The Labute approximate surface area is 112 Å². The third-order valence-electron chi connectivity index (χ3n) is 3.26. The largest absolute Gasteiger partial charge is 0.496 e. The fourth-order valence-electron chi connectivity index (χ4n) is 2.21. The summed E-state index contributed by atoms with van der Waals surface area (Å²) in [5, 5.41) is 3.92. The number of ether oxygens (including phenoxy) is 1. The second-order valence-corrected chi connectivity index (χ2v) is 4.80. The van der Waals surface area contributed by atoms with Crippen LogP contribution in [0.3, 0.4) is 0 Å². The van der Waals surface area contributed by atoms with Gasteiger partial charge in [0.05, 0.1) is 13.2 Å². The number of halogens is 1. The first-order chi connectivity index (χ1) is 8.63. The number of methoxy groups -OCH3 is 1. The SMILES string of the molecule is COc1ccc(Cl)cc1C1CNCCC(=O)N1C. The quantitative estimate of drug-likeness (QED) is 0.890. The molecule has 0 aliphatic carbocycles. The molecule has 1 heterocycles. The summed E-state index contributed by atoms with van der Waals surface area (Å²) in [7, 11) is 3.44. The number of nitrogens with one attached hydrogen (secondary N) is 1. The lowest BCUT2D eigenvalue weighted by Crippen LogP contribution is -2.32. The lowest BCUT2D eigenvalue weighted by Gasteiger charge is -2.27. The van der Waals surface area contributed by atoms with E-state index in [2.05, 4.69) is 5.32 Å². The van der Waals surface area contributed by atoms with E-state index in [0.29, 0.717) is 24.5 Å². The molecule has 1 unspecified atom stereocenters. The van der Waals surface area contributed by atoms with Gasteiger partial charge in [0.25, 0.3) is 0 Å². The van der Waals surface area contributed by atoms with E-state index in [0.717, 1.165) is 11.3 Å². The second kappa shape index (κ2) is 5.59. The van der Waals surface area contributed by atoms with E-state index in [4.69, 9.17) is 16.3 Å². The summed E-state index contributed by atoms with van der Waals surface area (Å²) in [4.78, 5) is 13.7. The van der Waals surface area contributed by atoms with Crippen LogP contribution >= 0.6 is 11.6 Å². The lowest BCUT2D eigenvalue weighted by molar-refractivity contribution is -0.131. The fourth-order valence-corrected chi connectivity index (χ4v) is 2.39. The average Bonchev–Trinajstić information content (AvgIpc) is 2.53. The maximum Gasteiger partial charge on any atom is 0.224 e. The molecule has 98 valence electrons. The number of amides is 1. The van der Waals surface area contributed by atoms with Crippen LogP contribution in [-0.2, 0) is 4.79 Å². The van der Waals surface area contributed by atoms with Gasteiger partial charge in [-0.15, -0.1) is 0 Å². The van der Waals surface area contributed by atoms with Crippen LogP contribution < -0.4 is 10.1 Å². The zero-order valence-corrected chi connectivity index (χ0v) is 11.3. The normalized spacial score (nSPS) is 20.7. The van der Waals surface area contributed by atoms with Gasteiger partial charge in [-0.2, -0.15) is 0 Å². The fraction of sp³-hybridized carbons (Fsp3) is 0.462. The van der Waals surface area contributed by atoms with Crippen LogP contribution in [0.1, 0.15) is 18.0 Å².